The van der Waals surface area contributed by atoms with Crippen LogP contribution in [0.4, 0.5) is 0 Å². The predicted molar refractivity (Wildman–Crippen MR) is 177 cm³/mol. The molecular weight excluding hydrogens is 624 g/mol. The second-order valence-corrected chi connectivity index (χ2v) is 15.7. The van der Waals surface area contributed by atoms with E-state index in [0.717, 1.165) is 0 Å². The Bertz CT molecular complexity index is 1040. The number of carbonyl (C=O) groups is 1. The molecule has 0 aromatic heterocycles. The van der Waals surface area contributed by atoms with Crippen molar-refractivity contribution in [3.8, 4) is 0 Å². The molecule has 4 fully saturated rings. The van der Waals surface area contributed by atoms with E-state index in [1.165, 1.54) is 0 Å². The fraction of sp³-hybridized carbons (Fsp3) is 0.971. The third-order valence-electron chi connectivity index (χ3n) is 11.3. The molecule has 280 valence electrons. The molecule has 0 radical (unpaired) electrons. The van der Waals surface area contributed by atoms with Gasteiger partial charge in [-0.25, -0.2) is 0 Å². The number of hydrogen-bond donors (Lipinski definition) is 4. The molecule has 4 aliphatic rings. The van der Waals surface area contributed by atoms with Crippen LogP contribution in [0.1, 0.15) is 81.1 Å². The van der Waals surface area contributed by atoms with Gasteiger partial charge in [-0.2, -0.15) is 0 Å². The monoisotopic (exact) mass is 688 g/mol. The highest BCUT2D eigenvalue weighted by Crippen LogP contribution is 2.39. The molecule has 13 heteroatoms. The summed E-state index contributed by atoms with van der Waals surface area (Å²) in [5.74, 6) is -1.69. The molecule has 4 rings (SSSR count). The topological polar surface area (TPSA) is 160 Å². The lowest BCUT2D eigenvalue weighted by Gasteiger charge is -2.49. The maximum Gasteiger partial charge on any atom is 0.311 e. The van der Waals surface area contributed by atoms with E-state index in [9.17, 15) is 25.2 Å². The summed E-state index contributed by atoms with van der Waals surface area (Å²) in [7, 11) is 5.73. The van der Waals surface area contributed by atoms with Crippen LogP contribution in [0.3, 0.4) is 0 Å². The minimum Gasteiger partial charge on any atom is -0.459 e. The number of cyclic esters (lactones) is 1. The first-order valence-electron chi connectivity index (χ1n) is 18.0. The summed E-state index contributed by atoms with van der Waals surface area (Å²) in [5, 5.41) is 46.4. The van der Waals surface area contributed by atoms with E-state index in [1.54, 1.807) is 20.8 Å². The van der Waals surface area contributed by atoms with E-state index >= 15 is 0 Å². The van der Waals surface area contributed by atoms with Gasteiger partial charge in [-0.05, 0) is 86.9 Å². The maximum atomic E-state index is 14.0. The average molecular weight is 689 g/mol. The van der Waals surface area contributed by atoms with Crippen LogP contribution in [0.25, 0.3) is 0 Å². The largest absolute Gasteiger partial charge is 0.459 e. The molecule has 4 heterocycles. The molecule has 4 aliphatic heterocycles. The molecule has 4 saturated heterocycles. The molecule has 4 N–H and O–H groups in total. The number of aliphatic hydroxyl groups excluding tert-OH is 3. The first-order valence-corrected chi connectivity index (χ1v) is 18.0. The van der Waals surface area contributed by atoms with E-state index < -0.39 is 85.0 Å². The van der Waals surface area contributed by atoms with Crippen LogP contribution < -0.4 is 0 Å². The van der Waals surface area contributed by atoms with Crippen molar-refractivity contribution in [1.82, 2.24) is 9.80 Å². The van der Waals surface area contributed by atoms with Gasteiger partial charge in [0.1, 0.15) is 42.2 Å². The number of esters is 1. The summed E-state index contributed by atoms with van der Waals surface area (Å²) in [4.78, 5) is 18.0. The van der Waals surface area contributed by atoms with E-state index in [4.69, 9.17) is 28.4 Å². The zero-order valence-electron chi connectivity index (χ0n) is 30.9. The smallest absolute Gasteiger partial charge is 0.311 e. The lowest BCUT2D eigenvalue weighted by Crippen LogP contribution is -2.64. The van der Waals surface area contributed by atoms with Gasteiger partial charge in [0.25, 0.3) is 0 Å². The SMILES string of the molecule is CCC1OC(=O)[C@H](C)C(OC2C[C@H](C)[C@H](O)[C@H](C)O2)[C@H]2O[C@H]([C@@H](C)N(C)C[C@@H](C)CC(O)[C@H]2OC2O[C@H](C)C[C@H](N(C)C)[C@@H]2O)C1(C)O. The fourth-order valence-electron chi connectivity index (χ4n) is 8.16. The molecular formula is C35H64N2O11. The lowest BCUT2D eigenvalue weighted by atomic mass is 9.84. The Labute approximate surface area is 287 Å². The number of aliphatic hydroxyl groups is 4. The number of nitrogens with zero attached hydrogens (tertiary/aromatic N) is 2. The second-order valence-electron chi connectivity index (χ2n) is 15.7. The quantitative estimate of drug-likeness (QED) is 0.298. The highest BCUT2D eigenvalue weighted by Gasteiger charge is 2.55. The van der Waals surface area contributed by atoms with Crippen LogP contribution in [-0.2, 0) is 33.2 Å². The molecule has 2 bridgehead atoms. The Kier molecular flexibility index (Phi) is 13.4. The van der Waals surface area contributed by atoms with E-state index in [0.29, 0.717) is 32.2 Å². The van der Waals surface area contributed by atoms with E-state index in [1.807, 2.05) is 60.7 Å². The molecule has 13 nitrogen and oxygen atoms in total. The minimum absolute atomic E-state index is 0.000169. The minimum atomic E-state index is -1.65. The van der Waals surface area contributed by atoms with Crippen molar-refractivity contribution >= 4 is 5.97 Å². The first-order chi connectivity index (χ1) is 22.4. The molecule has 0 aliphatic carbocycles. The van der Waals surface area contributed by atoms with Gasteiger partial charge in [0, 0.05) is 25.0 Å². The number of fused-ring (bicyclic) bond motifs is 2. The highest BCUT2D eigenvalue weighted by molar-refractivity contribution is 5.73. The van der Waals surface area contributed by atoms with Gasteiger partial charge in [-0.1, -0.05) is 20.8 Å². The Morgan fingerprint density at radius 1 is 0.938 bits per heavy atom. The van der Waals surface area contributed by atoms with Gasteiger partial charge in [-0.3, -0.25) is 4.79 Å². The fourth-order valence-corrected chi connectivity index (χ4v) is 8.16. The maximum absolute atomic E-state index is 14.0. The summed E-state index contributed by atoms with van der Waals surface area (Å²) in [5.41, 5.74) is -1.65. The summed E-state index contributed by atoms with van der Waals surface area (Å²) in [6, 6.07) is -0.632. The van der Waals surface area contributed by atoms with Crippen molar-refractivity contribution in [3.05, 3.63) is 0 Å². The zero-order chi connectivity index (χ0) is 35.8. The van der Waals surface area contributed by atoms with Crippen molar-refractivity contribution < 1.29 is 53.6 Å². The molecule has 0 aromatic carbocycles. The Hall–Kier alpha value is -0.970. The van der Waals surface area contributed by atoms with Crippen LogP contribution in [-0.4, -0.2) is 155 Å². The molecule has 18 atom stereocenters. The molecule has 48 heavy (non-hydrogen) atoms. The van der Waals surface area contributed by atoms with Gasteiger partial charge >= 0.3 is 5.97 Å². The molecule has 0 amide bonds. The summed E-state index contributed by atoms with van der Waals surface area (Å²) < 4.78 is 38.7. The highest BCUT2D eigenvalue weighted by atomic mass is 16.7. The van der Waals surface area contributed by atoms with Crippen LogP contribution in [0.15, 0.2) is 0 Å². The summed E-state index contributed by atoms with van der Waals surface area (Å²) in [6.07, 6.45) is -9.20. The van der Waals surface area contributed by atoms with Crippen molar-refractivity contribution in [2.24, 2.45) is 17.8 Å². The number of rotatable bonds is 6. The number of ether oxygens (including phenoxy) is 6. The van der Waals surface area contributed by atoms with Gasteiger partial charge < -0.3 is 58.6 Å². The Balaban J connectivity index is 1.87. The van der Waals surface area contributed by atoms with E-state index in [-0.39, 0.29) is 30.0 Å². The van der Waals surface area contributed by atoms with Crippen LogP contribution >= 0.6 is 0 Å². The molecule has 0 aromatic rings. The van der Waals surface area contributed by atoms with Gasteiger partial charge in [0.2, 0.25) is 0 Å². The van der Waals surface area contributed by atoms with E-state index in [2.05, 4.69) is 4.90 Å². The third-order valence-corrected chi connectivity index (χ3v) is 11.3. The van der Waals surface area contributed by atoms with Crippen LogP contribution in [0.2, 0.25) is 0 Å². The van der Waals surface area contributed by atoms with Gasteiger partial charge in [0.15, 0.2) is 12.6 Å². The number of likely N-dealkylation sites (N-methyl/N-ethyl adjacent to an activating group) is 2. The third kappa shape index (κ3) is 8.55. The van der Waals surface area contributed by atoms with Crippen molar-refractivity contribution in [3.63, 3.8) is 0 Å². The number of carbonyl (C=O) groups excluding carboxylic acids is 1. The molecule has 6 unspecified atom stereocenters. The molecule has 0 saturated carbocycles. The van der Waals surface area contributed by atoms with Gasteiger partial charge in [-0.15, -0.1) is 0 Å². The summed E-state index contributed by atoms with van der Waals surface area (Å²) in [6.45, 7) is 15.4. The zero-order valence-corrected chi connectivity index (χ0v) is 30.9. The Morgan fingerprint density at radius 3 is 2.21 bits per heavy atom. The van der Waals surface area contributed by atoms with Crippen LogP contribution in [0, 0.1) is 17.8 Å². The lowest BCUT2D eigenvalue weighted by molar-refractivity contribution is -0.322. The van der Waals surface area contributed by atoms with Crippen molar-refractivity contribution in [2.75, 3.05) is 27.7 Å². The number of hydrogen-bond acceptors (Lipinski definition) is 13. The first kappa shape index (κ1) is 39.8. The molecule has 0 spiro atoms. The standard InChI is InChI=1S/C35H64N2O11/c1-12-25-35(8,42)32-21(6)37(11)16-17(2)13-24(38)30(48-34-28(40)23(36(9)10)15-19(4)43-34)31(47-32)29(20(5)33(41)45-25)46-26-14-18(3)27(39)22(7)44-26/h17-32,34,38-40,42H,12-16H2,1-11H3/t17-,18-,19+,20+,21+,22-,23-,24?,25?,26?,27-,28-,29?,30+,31+,32+,34?,35?/m0/s1. The van der Waals surface area contributed by atoms with Crippen LogP contribution in [0.5, 0.6) is 0 Å². The van der Waals surface area contributed by atoms with Crippen molar-refractivity contribution in [1.29, 1.82) is 0 Å². The van der Waals surface area contributed by atoms with Gasteiger partial charge in [0.05, 0.1) is 30.3 Å². The summed E-state index contributed by atoms with van der Waals surface area (Å²) >= 11 is 0. The second kappa shape index (κ2) is 16.1. The Morgan fingerprint density at radius 2 is 1.60 bits per heavy atom. The van der Waals surface area contributed by atoms with Crippen molar-refractivity contribution in [2.45, 2.75) is 172 Å². The normalized spacial score (nSPS) is 50.2. The average Bonchev–Trinajstić information content (AvgIpc) is 3.02. The predicted octanol–water partition coefficient (Wildman–Crippen LogP) is 1.51.